The fourth-order valence-electron chi connectivity index (χ4n) is 1.33. The second kappa shape index (κ2) is 5.81. The Hall–Kier alpha value is -0.733. The summed E-state index contributed by atoms with van der Waals surface area (Å²) < 4.78 is 45.5. The minimum atomic E-state index is -4.53. The fraction of sp³-hybridized carbons (Fsp3) is 0.692. The van der Waals surface area contributed by atoms with Crippen LogP contribution in [-0.4, -0.2) is 25.3 Å². The third kappa shape index (κ3) is 4.37. The molecule has 0 spiro atoms. The number of thiazole rings is 1. The molecule has 3 nitrogen and oxygen atoms in total. The Morgan fingerprint density at radius 3 is 2.19 bits per heavy atom. The molecule has 1 rings (SSSR count). The van der Waals surface area contributed by atoms with Gasteiger partial charge < -0.3 is 4.43 Å². The Balaban J connectivity index is 3.16. The summed E-state index contributed by atoms with van der Waals surface area (Å²) in [5.41, 5.74) is 0. The maximum atomic E-state index is 13.3. The molecule has 0 saturated carbocycles. The van der Waals surface area contributed by atoms with E-state index >= 15 is 0 Å². The molecule has 0 fully saturated rings. The Morgan fingerprint density at radius 2 is 1.86 bits per heavy atom. The number of alkyl halides is 3. The number of hydrogen-bond acceptors (Lipinski definition) is 4. The zero-order valence-corrected chi connectivity index (χ0v) is 14.8. The first kappa shape index (κ1) is 18.3. The fourth-order valence-corrected chi connectivity index (χ4v) is 3.48. The molecule has 0 aliphatic carbocycles. The van der Waals surface area contributed by atoms with Crippen molar-refractivity contribution in [3.8, 4) is 0 Å². The van der Waals surface area contributed by atoms with E-state index in [4.69, 9.17) is 4.43 Å². The monoisotopic (exact) mass is 339 g/mol. The van der Waals surface area contributed by atoms with Crippen molar-refractivity contribution in [1.29, 1.82) is 0 Å². The maximum Gasteiger partial charge on any atom is 0.418 e. The van der Waals surface area contributed by atoms with Gasteiger partial charge in [-0.15, -0.1) is 11.3 Å². The number of halogens is 3. The maximum absolute atomic E-state index is 13.3. The van der Waals surface area contributed by atoms with Crippen LogP contribution in [0.15, 0.2) is 6.20 Å². The van der Waals surface area contributed by atoms with E-state index in [0.29, 0.717) is 0 Å². The highest BCUT2D eigenvalue weighted by molar-refractivity contribution is 7.13. The van der Waals surface area contributed by atoms with Crippen LogP contribution >= 0.6 is 11.3 Å². The van der Waals surface area contributed by atoms with Gasteiger partial charge in [0, 0.05) is 13.1 Å². The lowest BCUT2D eigenvalue weighted by Gasteiger charge is -2.39. The van der Waals surface area contributed by atoms with Crippen LogP contribution in [0, 0.1) is 0 Å². The first-order valence-electron chi connectivity index (χ1n) is 6.47. The van der Waals surface area contributed by atoms with Crippen LogP contribution < -0.4 is 0 Å². The van der Waals surface area contributed by atoms with Crippen molar-refractivity contribution in [2.45, 2.75) is 58.1 Å². The second-order valence-electron chi connectivity index (χ2n) is 6.42. The number of rotatable bonds is 4. The standard InChI is InChI=1S/C13H20F3NO2SSi/c1-8(18)11-17-7-9(20-11)10(13(14,15)16)19-21(5,6)12(2,3)4/h7,10H,1-6H3/t10-/m1/s1. The SMILES string of the molecule is CC(=O)c1ncc([C@@H](O[Si](C)(C)C(C)(C)C)C(F)(F)F)s1. The molecule has 1 aromatic rings. The molecule has 0 unspecified atom stereocenters. The Kier molecular flexibility index (Phi) is 5.07. The third-order valence-electron chi connectivity index (χ3n) is 3.60. The van der Waals surface area contributed by atoms with Gasteiger partial charge in [0.1, 0.15) is 0 Å². The normalized spacial score (nSPS) is 15.1. The highest BCUT2D eigenvalue weighted by atomic mass is 32.1. The Bertz CT molecular complexity index is 520. The highest BCUT2D eigenvalue weighted by Gasteiger charge is 2.49. The van der Waals surface area contributed by atoms with Gasteiger partial charge in [-0.1, -0.05) is 20.8 Å². The first-order valence-corrected chi connectivity index (χ1v) is 10.2. The number of aromatic nitrogens is 1. The van der Waals surface area contributed by atoms with E-state index in [1.165, 1.54) is 6.92 Å². The number of ketones is 1. The van der Waals surface area contributed by atoms with Gasteiger partial charge in [0.25, 0.3) is 0 Å². The van der Waals surface area contributed by atoms with Crippen molar-refractivity contribution >= 4 is 25.4 Å². The van der Waals surface area contributed by atoms with Gasteiger partial charge in [-0.25, -0.2) is 4.98 Å². The van der Waals surface area contributed by atoms with Gasteiger partial charge in [0.15, 0.2) is 25.2 Å². The summed E-state index contributed by atoms with van der Waals surface area (Å²) in [6, 6.07) is 0. The van der Waals surface area contributed by atoms with Gasteiger partial charge >= 0.3 is 6.18 Å². The average molecular weight is 339 g/mol. The lowest BCUT2D eigenvalue weighted by Crippen LogP contribution is -2.44. The predicted molar refractivity (Wildman–Crippen MR) is 79.2 cm³/mol. The van der Waals surface area contributed by atoms with Gasteiger partial charge in [-0.2, -0.15) is 13.2 Å². The number of carbonyl (C=O) groups excluding carboxylic acids is 1. The molecule has 1 aromatic heterocycles. The van der Waals surface area contributed by atoms with E-state index in [1.807, 2.05) is 20.8 Å². The number of carbonyl (C=O) groups is 1. The summed E-state index contributed by atoms with van der Waals surface area (Å²) in [4.78, 5) is 14.9. The summed E-state index contributed by atoms with van der Waals surface area (Å²) >= 11 is 0.744. The van der Waals surface area contributed by atoms with Crippen molar-refractivity contribution in [3.05, 3.63) is 16.1 Å². The third-order valence-corrected chi connectivity index (χ3v) is 9.18. The summed E-state index contributed by atoms with van der Waals surface area (Å²) in [6.45, 7) is 10.4. The van der Waals surface area contributed by atoms with E-state index in [1.54, 1.807) is 13.1 Å². The van der Waals surface area contributed by atoms with Gasteiger partial charge in [0.05, 0.1) is 4.88 Å². The number of hydrogen-bond donors (Lipinski definition) is 0. The molecule has 0 aliphatic heterocycles. The molecule has 0 amide bonds. The van der Waals surface area contributed by atoms with Gasteiger partial charge in [-0.05, 0) is 18.1 Å². The van der Waals surface area contributed by atoms with Crippen LogP contribution in [0.4, 0.5) is 13.2 Å². The predicted octanol–water partition coefficient (Wildman–Crippen LogP) is 4.97. The largest absolute Gasteiger partial charge is 0.418 e. The van der Waals surface area contributed by atoms with Crippen LogP contribution in [0.2, 0.25) is 18.1 Å². The zero-order valence-electron chi connectivity index (χ0n) is 13.0. The molecule has 0 N–H and O–H groups in total. The van der Waals surface area contributed by atoms with E-state index in [0.717, 1.165) is 17.5 Å². The van der Waals surface area contributed by atoms with E-state index in [2.05, 4.69) is 4.98 Å². The Labute approximate surface area is 127 Å². The Morgan fingerprint density at radius 1 is 1.33 bits per heavy atom. The molecule has 1 heterocycles. The molecule has 0 aromatic carbocycles. The minimum Gasteiger partial charge on any atom is -0.401 e. The molecule has 1 atom stereocenters. The van der Waals surface area contributed by atoms with Crippen LogP contribution in [0.1, 0.15) is 48.5 Å². The van der Waals surface area contributed by atoms with Crippen LogP contribution in [0.25, 0.3) is 0 Å². The lowest BCUT2D eigenvalue weighted by molar-refractivity contribution is -0.200. The molecule has 0 radical (unpaired) electrons. The summed E-state index contributed by atoms with van der Waals surface area (Å²) in [5.74, 6) is -0.348. The number of Topliss-reactive ketones (excluding diaryl/α,β-unsaturated/α-hetero) is 1. The van der Waals surface area contributed by atoms with Gasteiger partial charge in [-0.3, -0.25) is 4.79 Å². The van der Waals surface area contributed by atoms with Gasteiger partial charge in [0.2, 0.25) is 0 Å². The summed E-state index contributed by atoms with van der Waals surface area (Å²) in [7, 11) is -2.60. The molecular weight excluding hydrogens is 319 g/mol. The zero-order chi connectivity index (χ0) is 16.6. The van der Waals surface area contributed by atoms with Crippen molar-refractivity contribution in [2.75, 3.05) is 0 Å². The van der Waals surface area contributed by atoms with E-state index < -0.39 is 20.6 Å². The van der Waals surface area contributed by atoms with Crippen LogP contribution in [0.5, 0.6) is 0 Å². The van der Waals surface area contributed by atoms with Crippen molar-refractivity contribution in [3.63, 3.8) is 0 Å². The van der Waals surface area contributed by atoms with E-state index in [-0.39, 0.29) is 20.7 Å². The van der Waals surface area contributed by atoms with Crippen molar-refractivity contribution in [2.24, 2.45) is 0 Å². The summed E-state index contributed by atoms with van der Waals surface area (Å²) in [5, 5.41) is -0.275. The molecule has 0 aliphatic rings. The molecule has 0 bridgehead atoms. The minimum absolute atomic E-state index is 0.0677. The van der Waals surface area contributed by atoms with Crippen molar-refractivity contribution < 1.29 is 22.4 Å². The first-order chi connectivity index (χ1) is 9.25. The van der Waals surface area contributed by atoms with Crippen LogP contribution in [-0.2, 0) is 4.43 Å². The summed E-state index contributed by atoms with van der Waals surface area (Å²) in [6.07, 6.45) is -5.47. The molecule has 120 valence electrons. The second-order valence-corrected chi connectivity index (χ2v) is 12.2. The molecule has 0 saturated heterocycles. The average Bonchev–Trinajstić information content (AvgIpc) is 2.71. The molecule has 21 heavy (non-hydrogen) atoms. The molecule has 8 heteroatoms. The number of nitrogens with zero attached hydrogens (tertiary/aromatic N) is 1. The van der Waals surface area contributed by atoms with Crippen molar-refractivity contribution in [1.82, 2.24) is 4.98 Å². The quantitative estimate of drug-likeness (QED) is 0.574. The smallest absolute Gasteiger partial charge is 0.401 e. The molecular formula is C13H20F3NO2SSi. The van der Waals surface area contributed by atoms with Crippen LogP contribution in [0.3, 0.4) is 0 Å². The van der Waals surface area contributed by atoms with E-state index in [9.17, 15) is 18.0 Å². The lowest BCUT2D eigenvalue weighted by atomic mass is 10.2. The highest BCUT2D eigenvalue weighted by Crippen LogP contribution is 2.45. The topological polar surface area (TPSA) is 39.2 Å².